The Balaban J connectivity index is 0.000000442. The highest BCUT2D eigenvalue weighted by Gasteiger charge is 1.94. The molecule has 1 aromatic heterocycles. The van der Waals surface area contributed by atoms with Crippen LogP contribution < -0.4 is 0 Å². The summed E-state index contributed by atoms with van der Waals surface area (Å²) in [6.45, 7) is 9.97. The highest BCUT2D eigenvalue weighted by molar-refractivity contribution is 5.83. The highest BCUT2D eigenvalue weighted by Crippen LogP contribution is 2.13. The van der Waals surface area contributed by atoms with E-state index in [1.54, 1.807) is 6.20 Å². The molecule has 0 aliphatic heterocycles. The molecule has 1 heterocycles. The Morgan fingerprint density at radius 3 is 2.13 bits per heavy atom. The number of nitrogens with zero attached hydrogens (tertiary/aromatic N) is 2. The van der Waals surface area contributed by atoms with Gasteiger partial charge in [0, 0.05) is 10.8 Å². The lowest BCUT2D eigenvalue weighted by Gasteiger charge is -1.96. The first-order valence-corrected chi connectivity index (χ1v) is 5.55. The maximum Gasteiger partial charge on any atom is 0.0678 e. The van der Waals surface area contributed by atoms with Crippen molar-refractivity contribution in [3.05, 3.63) is 36.2 Å². The standard InChI is InChI=1S/C9H8N2.2C2H6/c1-7-9-5-3-2-4-8(9)6-10-11-7;2*1-2/h2-6H,1H3;2*1-2H3. The van der Waals surface area contributed by atoms with Crippen LogP contribution in [-0.2, 0) is 0 Å². The van der Waals surface area contributed by atoms with E-state index in [2.05, 4.69) is 16.3 Å². The zero-order valence-corrected chi connectivity index (χ0v) is 10.3. The van der Waals surface area contributed by atoms with Gasteiger partial charge in [-0.3, -0.25) is 0 Å². The molecule has 0 saturated heterocycles. The summed E-state index contributed by atoms with van der Waals surface area (Å²) >= 11 is 0. The second-order valence-electron chi connectivity index (χ2n) is 2.52. The van der Waals surface area contributed by atoms with E-state index in [1.807, 2.05) is 52.8 Å². The molecule has 0 fully saturated rings. The predicted molar refractivity (Wildman–Crippen MR) is 67.0 cm³/mol. The van der Waals surface area contributed by atoms with Crippen molar-refractivity contribution < 1.29 is 0 Å². The molecule has 2 aromatic rings. The van der Waals surface area contributed by atoms with Gasteiger partial charge in [0.15, 0.2) is 0 Å². The summed E-state index contributed by atoms with van der Waals surface area (Å²) in [7, 11) is 0. The highest BCUT2D eigenvalue weighted by atomic mass is 15.1. The van der Waals surface area contributed by atoms with Crippen LogP contribution in [0.5, 0.6) is 0 Å². The van der Waals surface area contributed by atoms with Crippen molar-refractivity contribution in [2.45, 2.75) is 34.6 Å². The van der Waals surface area contributed by atoms with E-state index in [0.29, 0.717) is 0 Å². The second-order valence-corrected chi connectivity index (χ2v) is 2.52. The van der Waals surface area contributed by atoms with Gasteiger partial charge in [-0.15, -0.1) is 0 Å². The Morgan fingerprint density at radius 2 is 1.53 bits per heavy atom. The Hall–Kier alpha value is -1.44. The Bertz CT molecular complexity index is 378. The van der Waals surface area contributed by atoms with Gasteiger partial charge in [0.2, 0.25) is 0 Å². The van der Waals surface area contributed by atoms with Gasteiger partial charge >= 0.3 is 0 Å². The average molecular weight is 204 g/mol. The quantitative estimate of drug-likeness (QED) is 0.648. The van der Waals surface area contributed by atoms with Crippen LogP contribution in [-0.4, -0.2) is 10.2 Å². The smallest absolute Gasteiger partial charge is 0.0678 e. The molecule has 0 aliphatic rings. The Morgan fingerprint density at radius 1 is 0.933 bits per heavy atom. The van der Waals surface area contributed by atoms with E-state index < -0.39 is 0 Å². The van der Waals surface area contributed by atoms with Gasteiger partial charge in [-0.2, -0.15) is 10.2 Å². The first-order chi connectivity index (χ1) is 7.38. The number of benzene rings is 1. The van der Waals surface area contributed by atoms with Crippen molar-refractivity contribution in [1.29, 1.82) is 0 Å². The molecular weight excluding hydrogens is 184 g/mol. The number of hydrogen-bond acceptors (Lipinski definition) is 2. The molecule has 0 aliphatic carbocycles. The fourth-order valence-electron chi connectivity index (χ4n) is 1.17. The van der Waals surface area contributed by atoms with Crippen molar-refractivity contribution in [1.82, 2.24) is 10.2 Å². The first kappa shape index (κ1) is 13.6. The minimum atomic E-state index is 0.989. The van der Waals surface area contributed by atoms with Crippen LogP contribution in [0.15, 0.2) is 30.5 Å². The summed E-state index contributed by atoms with van der Waals surface area (Å²) in [6.07, 6.45) is 1.78. The number of hydrogen-bond donors (Lipinski definition) is 0. The number of aromatic nitrogens is 2. The minimum Gasteiger partial charge on any atom is -0.158 e. The zero-order chi connectivity index (χ0) is 11.7. The van der Waals surface area contributed by atoms with E-state index >= 15 is 0 Å². The van der Waals surface area contributed by atoms with Crippen molar-refractivity contribution in [2.24, 2.45) is 0 Å². The monoisotopic (exact) mass is 204 g/mol. The number of aryl methyl sites for hydroxylation is 1. The molecule has 15 heavy (non-hydrogen) atoms. The molecule has 2 rings (SSSR count). The van der Waals surface area contributed by atoms with Gasteiger partial charge in [-0.05, 0) is 6.92 Å². The molecule has 82 valence electrons. The fourth-order valence-corrected chi connectivity index (χ4v) is 1.17. The molecule has 0 radical (unpaired) electrons. The molecule has 0 atom stereocenters. The van der Waals surface area contributed by atoms with Crippen LogP contribution in [0.25, 0.3) is 10.8 Å². The summed E-state index contributed by atoms with van der Waals surface area (Å²) < 4.78 is 0. The van der Waals surface area contributed by atoms with E-state index in [1.165, 1.54) is 5.39 Å². The van der Waals surface area contributed by atoms with Crippen LogP contribution >= 0.6 is 0 Å². The van der Waals surface area contributed by atoms with Gasteiger partial charge in [0.25, 0.3) is 0 Å². The second kappa shape index (κ2) is 7.92. The van der Waals surface area contributed by atoms with E-state index in [0.717, 1.165) is 11.1 Å². The third-order valence-electron chi connectivity index (χ3n) is 1.76. The molecule has 0 saturated carbocycles. The SMILES string of the molecule is CC.CC.Cc1nncc2ccccc12. The topological polar surface area (TPSA) is 25.8 Å². The molecule has 2 nitrogen and oxygen atoms in total. The molecule has 0 spiro atoms. The number of rotatable bonds is 0. The largest absolute Gasteiger partial charge is 0.158 e. The van der Waals surface area contributed by atoms with Crippen LogP contribution in [0.3, 0.4) is 0 Å². The Kier molecular flexibility index (Phi) is 7.16. The lowest BCUT2D eigenvalue weighted by Crippen LogP contribution is -1.86. The third kappa shape index (κ3) is 3.66. The van der Waals surface area contributed by atoms with Crippen LogP contribution in [0, 0.1) is 6.92 Å². The maximum atomic E-state index is 3.96. The predicted octanol–water partition coefficient (Wildman–Crippen LogP) is 3.99. The lowest BCUT2D eigenvalue weighted by molar-refractivity contribution is 1.00. The van der Waals surface area contributed by atoms with Gasteiger partial charge < -0.3 is 0 Å². The molecule has 0 amide bonds. The molecule has 2 heteroatoms. The van der Waals surface area contributed by atoms with E-state index in [-0.39, 0.29) is 0 Å². The van der Waals surface area contributed by atoms with Crippen molar-refractivity contribution in [3.63, 3.8) is 0 Å². The summed E-state index contributed by atoms with van der Waals surface area (Å²) in [5, 5.41) is 10.2. The van der Waals surface area contributed by atoms with Gasteiger partial charge in [0.1, 0.15) is 0 Å². The normalized spacial score (nSPS) is 8.33. The summed E-state index contributed by atoms with van der Waals surface area (Å²) in [5.74, 6) is 0. The van der Waals surface area contributed by atoms with Gasteiger partial charge in [0.05, 0.1) is 11.9 Å². The molecule has 1 aromatic carbocycles. The van der Waals surface area contributed by atoms with Crippen molar-refractivity contribution in [3.8, 4) is 0 Å². The minimum absolute atomic E-state index is 0.989. The molecular formula is C13H20N2. The summed E-state index contributed by atoms with van der Waals surface area (Å²) in [6, 6.07) is 8.11. The van der Waals surface area contributed by atoms with Gasteiger partial charge in [-0.25, -0.2) is 0 Å². The molecule has 0 N–H and O–H groups in total. The summed E-state index contributed by atoms with van der Waals surface area (Å²) in [5.41, 5.74) is 0.989. The first-order valence-electron chi connectivity index (χ1n) is 5.55. The van der Waals surface area contributed by atoms with Gasteiger partial charge in [-0.1, -0.05) is 52.0 Å². The van der Waals surface area contributed by atoms with Crippen LogP contribution in [0.4, 0.5) is 0 Å². The zero-order valence-electron chi connectivity index (χ0n) is 10.3. The third-order valence-corrected chi connectivity index (χ3v) is 1.76. The van der Waals surface area contributed by atoms with Crippen LogP contribution in [0.2, 0.25) is 0 Å². The molecule has 0 bridgehead atoms. The van der Waals surface area contributed by atoms with Crippen molar-refractivity contribution >= 4 is 10.8 Å². The number of fused-ring (bicyclic) bond motifs is 1. The molecule has 0 unspecified atom stereocenters. The van der Waals surface area contributed by atoms with E-state index in [9.17, 15) is 0 Å². The lowest BCUT2D eigenvalue weighted by atomic mass is 10.1. The summed E-state index contributed by atoms with van der Waals surface area (Å²) in [4.78, 5) is 0. The average Bonchev–Trinajstić information content (AvgIpc) is 2.35. The Labute approximate surface area is 92.4 Å². The maximum absolute atomic E-state index is 3.96. The van der Waals surface area contributed by atoms with Crippen LogP contribution in [0.1, 0.15) is 33.4 Å². The van der Waals surface area contributed by atoms with E-state index in [4.69, 9.17) is 0 Å². The van der Waals surface area contributed by atoms with Crippen molar-refractivity contribution in [2.75, 3.05) is 0 Å². The fraction of sp³-hybridized carbons (Fsp3) is 0.385.